The fraction of sp³-hybridized carbons (Fsp3) is 1.00. The molecule has 0 N–H and O–H groups in total. The Balaban J connectivity index is 2.61. The molecule has 1 fully saturated rings. The highest BCUT2D eigenvalue weighted by Gasteiger charge is 2.41. The second-order valence-corrected chi connectivity index (χ2v) is 6.01. The van der Waals surface area contributed by atoms with Gasteiger partial charge in [0.1, 0.15) is 6.10 Å². The first-order chi connectivity index (χ1) is 7.16. The van der Waals surface area contributed by atoms with E-state index >= 15 is 0 Å². The lowest BCUT2D eigenvalue weighted by molar-refractivity contribution is 0.238. The number of hydrogen-bond acceptors (Lipinski definition) is 3. The Morgan fingerprint density at radius 1 is 1.27 bits per heavy atom. The van der Waals surface area contributed by atoms with Gasteiger partial charge in [-0.05, 0) is 0 Å². The maximum atomic E-state index is 12.2. The summed E-state index contributed by atoms with van der Waals surface area (Å²) in [6.07, 6.45) is -0.314. The highest BCUT2D eigenvalue weighted by atomic mass is 35.5. The van der Waals surface area contributed by atoms with Crippen molar-refractivity contribution < 1.29 is 13.6 Å². The summed E-state index contributed by atoms with van der Waals surface area (Å²) in [6.45, 7) is 1.09. The summed E-state index contributed by atoms with van der Waals surface area (Å²) in [5.41, 5.74) is 0. The van der Waals surface area contributed by atoms with Crippen LogP contribution in [0.1, 0.15) is 0 Å². The van der Waals surface area contributed by atoms with Crippen LogP contribution in [0.15, 0.2) is 0 Å². The van der Waals surface area contributed by atoms with Gasteiger partial charge in [-0.25, -0.2) is 9.24 Å². The first-order valence-electron chi connectivity index (χ1n) is 4.52. The van der Waals surface area contributed by atoms with Crippen molar-refractivity contribution in [3.05, 3.63) is 0 Å². The fourth-order valence-corrected chi connectivity index (χ4v) is 4.00. The molecule has 0 radical (unpaired) electrons. The van der Waals surface area contributed by atoms with E-state index in [9.17, 15) is 4.57 Å². The monoisotopic (exact) mass is 295 g/mol. The molecule has 0 amide bonds. The summed E-state index contributed by atoms with van der Waals surface area (Å²) in [5, 5.41) is 0. The van der Waals surface area contributed by atoms with Gasteiger partial charge in [0, 0.05) is 24.8 Å². The van der Waals surface area contributed by atoms with E-state index in [1.807, 2.05) is 0 Å². The standard InChI is InChI=1S/C7H13Cl3NO3P/c8-1-3-11(4-2-9)15(12)13-6-7(5-10)14-15/h7H,1-6H2/t7-,15+/m1/s1. The number of hydrogen-bond donors (Lipinski definition) is 0. The van der Waals surface area contributed by atoms with Gasteiger partial charge in [0.2, 0.25) is 0 Å². The summed E-state index contributed by atoms with van der Waals surface area (Å²) < 4.78 is 24.2. The molecule has 0 aliphatic carbocycles. The van der Waals surface area contributed by atoms with Crippen molar-refractivity contribution in [1.82, 2.24) is 4.67 Å². The molecule has 0 aromatic heterocycles. The van der Waals surface area contributed by atoms with E-state index in [0.717, 1.165) is 0 Å². The topological polar surface area (TPSA) is 38.8 Å². The van der Waals surface area contributed by atoms with Gasteiger partial charge < -0.3 is 0 Å². The third-order valence-corrected chi connectivity index (χ3v) is 4.72. The van der Waals surface area contributed by atoms with E-state index in [0.29, 0.717) is 24.8 Å². The maximum absolute atomic E-state index is 12.2. The molecular formula is C7H13Cl3NO3P. The minimum Gasteiger partial charge on any atom is -0.294 e. The van der Waals surface area contributed by atoms with Crippen LogP contribution < -0.4 is 0 Å². The Hall–Kier alpha value is 0.980. The Morgan fingerprint density at radius 2 is 1.87 bits per heavy atom. The van der Waals surface area contributed by atoms with E-state index in [1.165, 1.54) is 0 Å². The van der Waals surface area contributed by atoms with Crippen LogP contribution in [-0.4, -0.2) is 48.1 Å². The van der Waals surface area contributed by atoms with Gasteiger partial charge in [-0.2, -0.15) is 0 Å². The van der Waals surface area contributed by atoms with E-state index < -0.39 is 7.75 Å². The van der Waals surface area contributed by atoms with Crippen molar-refractivity contribution in [2.45, 2.75) is 6.10 Å². The molecule has 0 spiro atoms. The largest absolute Gasteiger partial charge is 0.408 e. The van der Waals surface area contributed by atoms with Crippen LogP contribution in [0.3, 0.4) is 0 Å². The highest BCUT2D eigenvalue weighted by molar-refractivity contribution is 7.51. The summed E-state index contributed by atoms with van der Waals surface area (Å²) in [5.74, 6) is 0.956. The van der Waals surface area contributed by atoms with Gasteiger partial charge >= 0.3 is 7.75 Å². The third-order valence-electron chi connectivity index (χ3n) is 1.91. The molecule has 1 rings (SSSR count). The molecule has 0 bridgehead atoms. The van der Waals surface area contributed by atoms with Crippen molar-refractivity contribution in [3.63, 3.8) is 0 Å². The quantitative estimate of drug-likeness (QED) is 0.558. The van der Waals surface area contributed by atoms with Crippen molar-refractivity contribution in [2.75, 3.05) is 37.3 Å². The normalized spacial score (nSPS) is 31.3. The van der Waals surface area contributed by atoms with Crippen LogP contribution in [0, 0.1) is 0 Å². The minimum atomic E-state index is -3.21. The van der Waals surface area contributed by atoms with Crippen LogP contribution in [-0.2, 0) is 13.6 Å². The van der Waals surface area contributed by atoms with E-state index in [2.05, 4.69) is 0 Å². The molecule has 15 heavy (non-hydrogen) atoms. The van der Waals surface area contributed by atoms with Gasteiger partial charge in [-0.15, -0.1) is 34.8 Å². The highest BCUT2D eigenvalue weighted by Crippen LogP contribution is 2.56. The lowest BCUT2D eigenvalue weighted by Crippen LogP contribution is -2.25. The molecule has 0 unspecified atom stereocenters. The Bertz CT molecular complexity index is 238. The maximum Gasteiger partial charge on any atom is 0.408 e. The second kappa shape index (κ2) is 6.65. The number of halogens is 3. The van der Waals surface area contributed by atoms with Crippen LogP contribution in [0.25, 0.3) is 0 Å². The van der Waals surface area contributed by atoms with Crippen molar-refractivity contribution in [1.29, 1.82) is 0 Å². The average Bonchev–Trinajstić information content (AvgIpc) is 2.61. The van der Waals surface area contributed by atoms with Crippen LogP contribution in [0.5, 0.6) is 0 Å². The lowest BCUT2D eigenvalue weighted by Gasteiger charge is -2.24. The zero-order valence-corrected chi connectivity index (χ0v) is 11.2. The first kappa shape index (κ1) is 14.0. The SMILES string of the molecule is O=[P@@]1(N(CCCl)CCCl)OC[C@@H](CCl)O1. The second-order valence-electron chi connectivity index (χ2n) is 2.98. The Labute approximate surface area is 104 Å². The smallest absolute Gasteiger partial charge is 0.294 e. The molecule has 1 heterocycles. The zero-order chi connectivity index (χ0) is 11.3. The van der Waals surface area contributed by atoms with Crippen molar-refractivity contribution >= 4 is 42.5 Å². The first-order valence-corrected chi connectivity index (χ1v) is 7.62. The molecular weight excluding hydrogens is 283 g/mol. The minimum absolute atomic E-state index is 0.252. The predicted molar refractivity (Wildman–Crippen MR) is 62.2 cm³/mol. The molecule has 0 aromatic carbocycles. The molecule has 0 aromatic rings. The molecule has 0 saturated carbocycles. The Kier molecular flexibility index (Phi) is 6.23. The summed E-state index contributed by atoms with van der Waals surface area (Å²) in [4.78, 5) is 0. The molecule has 2 atom stereocenters. The van der Waals surface area contributed by atoms with Crippen molar-refractivity contribution in [3.8, 4) is 0 Å². The van der Waals surface area contributed by atoms with E-state index in [-0.39, 0.29) is 18.6 Å². The number of nitrogens with zero attached hydrogens (tertiary/aromatic N) is 1. The van der Waals surface area contributed by atoms with Crippen molar-refractivity contribution in [2.24, 2.45) is 0 Å². The van der Waals surface area contributed by atoms with Gasteiger partial charge in [0.15, 0.2) is 0 Å². The van der Waals surface area contributed by atoms with Crippen LogP contribution in [0.2, 0.25) is 0 Å². The summed E-state index contributed by atoms with van der Waals surface area (Å²) >= 11 is 16.8. The zero-order valence-electron chi connectivity index (χ0n) is 8.07. The molecule has 1 saturated heterocycles. The summed E-state index contributed by atoms with van der Waals surface area (Å²) in [7, 11) is -3.21. The molecule has 8 heteroatoms. The number of rotatable bonds is 6. The average molecular weight is 297 g/mol. The number of alkyl halides is 3. The Morgan fingerprint density at radius 3 is 2.27 bits per heavy atom. The van der Waals surface area contributed by atoms with E-state index in [4.69, 9.17) is 43.9 Å². The third kappa shape index (κ3) is 3.74. The van der Waals surface area contributed by atoms with Gasteiger partial charge in [-0.3, -0.25) is 9.05 Å². The molecule has 1 aliphatic heterocycles. The summed E-state index contributed by atoms with van der Waals surface area (Å²) in [6, 6.07) is 0. The molecule has 90 valence electrons. The van der Waals surface area contributed by atoms with Gasteiger partial charge in [0.25, 0.3) is 0 Å². The van der Waals surface area contributed by atoms with Gasteiger partial charge in [0.05, 0.1) is 12.5 Å². The fourth-order valence-electron chi connectivity index (χ4n) is 1.20. The predicted octanol–water partition coefficient (Wildman–Crippen LogP) is 2.53. The molecule has 1 aliphatic rings. The lowest BCUT2D eigenvalue weighted by atomic mass is 10.5. The van der Waals surface area contributed by atoms with Crippen LogP contribution in [0.4, 0.5) is 0 Å². The van der Waals surface area contributed by atoms with E-state index in [1.54, 1.807) is 4.67 Å². The van der Waals surface area contributed by atoms with Crippen LogP contribution >= 0.6 is 42.5 Å². The van der Waals surface area contributed by atoms with Gasteiger partial charge in [-0.1, -0.05) is 0 Å². The molecule has 4 nitrogen and oxygen atoms in total.